The Morgan fingerprint density at radius 3 is 2.38 bits per heavy atom. The zero-order chi connectivity index (χ0) is 23.9. The summed E-state index contributed by atoms with van der Waals surface area (Å²) in [4.78, 5) is 35.1. The van der Waals surface area contributed by atoms with Gasteiger partial charge in [0.1, 0.15) is 6.54 Å². The predicted molar refractivity (Wildman–Crippen MR) is 104 cm³/mol. The van der Waals surface area contributed by atoms with Gasteiger partial charge in [-0.2, -0.15) is 13.2 Å². The van der Waals surface area contributed by atoms with Gasteiger partial charge < -0.3 is 19.1 Å². The van der Waals surface area contributed by atoms with E-state index in [0.717, 1.165) is 19.2 Å². The van der Waals surface area contributed by atoms with Crippen molar-refractivity contribution in [1.82, 2.24) is 4.90 Å². The highest BCUT2D eigenvalue weighted by atomic mass is 19.4. The van der Waals surface area contributed by atoms with Crippen LogP contribution in [0.2, 0.25) is 0 Å². The molecule has 2 rings (SSSR count). The van der Waals surface area contributed by atoms with E-state index in [2.05, 4.69) is 4.74 Å². The van der Waals surface area contributed by atoms with Gasteiger partial charge in [0.2, 0.25) is 0 Å². The summed E-state index contributed by atoms with van der Waals surface area (Å²) in [6, 6.07) is 8.82. The van der Waals surface area contributed by atoms with Gasteiger partial charge >= 0.3 is 12.1 Å². The van der Waals surface area contributed by atoms with E-state index in [9.17, 15) is 32.9 Å². The highest BCUT2D eigenvalue weighted by Gasteiger charge is 2.34. The van der Waals surface area contributed by atoms with Crippen molar-refractivity contribution in [2.75, 3.05) is 27.4 Å². The molecule has 0 saturated carbocycles. The summed E-state index contributed by atoms with van der Waals surface area (Å²) >= 11 is 0. The largest absolute Gasteiger partial charge is 0.493 e. The van der Waals surface area contributed by atoms with Crippen molar-refractivity contribution in [2.24, 2.45) is 0 Å². The topological polar surface area (TPSA) is 108 Å². The summed E-state index contributed by atoms with van der Waals surface area (Å²) in [5.41, 5.74) is -0.677. The first-order valence-electron chi connectivity index (χ1n) is 9.01. The van der Waals surface area contributed by atoms with Crippen LogP contribution >= 0.6 is 0 Å². The number of methoxy groups -OCH3 is 2. The summed E-state index contributed by atoms with van der Waals surface area (Å²) in [6.07, 6.45) is -4.75. The average molecular weight is 456 g/mol. The number of nitro groups is 1. The number of ether oxygens (including phenoxy) is 3. The normalized spacial score (nSPS) is 10.9. The molecular formula is C20H19F3N2O7. The van der Waals surface area contributed by atoms with E-state index in [4.69, 9.17) is 9.47 Å². The van der Waals surface area contributed by atoms with Crippen molar-refractivity contribution >= 4 is 17.6 Å². The summed E-state index contributed by atoms with van der Waals surface area (Å²) in [5, 5.41) is 11.2. The molecule has 0 aliphatic rings. The first-order chi connectivity index (χ1) is 15.1. The van der Waals surface area contributed by atoms with Gasteiger partial charge in [-0.25, -0.2) is 4.79 Å². The molecule has 0 unspecified atom stereocenters. The van der Waals surface area contributed by atoms with Crippen LogP contribution < -0.4 is 9.47 Å². The van der Waals surface area contributed by atoms with Crippen molar-refractivity contribution < 1.29 is 41.9 Å². The maximum absolute atomic E-state index is 13.2. The molecule has 2 aromatic rings. The quantitative estimate of drug-likeness (QED) is 0.323. The van der Waals surface area contributed by atoms with Crippen molar-refractivity contribution in [2.45, 2.75) is 12.7 Å². The maximum Gasteiger partial charge on any atom is 0.406 e. The Bertz CT molecular complexity index is 995. The van der Waals surface area contributed by atoms with Gasteiger partial charge in [0.05, 0.1) is 25.7 Å². The maximum atomic E-state index is 13.2. The van der Waals surface area contributed by atoms with Gasteiger partial charge in [0.25, 0.3) is 11.6 Å². The van der Waals surface area contributed by atoms with E-state index in [0.29, 0.717) is 4.90 Å². The number of hydrogen-bond donors (Lipinski definition) is 0. The van der Waals surface area contributed by atoms with Gasteiger partial charge in [-0.15, -0.1) is 0 Å². The molecule has 0 aliphatic carbocycles. The number of hydrogen-bond acceptors (Lipinski definition) is 7. The molecule has 0 aromatic heterocycles. The van der Waals surface area contributed by atoms with Crippen LogP contribution in [0.4, 0.5) is 18.9 Å². The number of carbonyl (C=O) groups is 2. The Kier molecular flexibility index (Phi) is 7.99. The van der Waals surface area contributed by atoms with Crippen LogP contribution in [0.25, 0.3) is 0 Å². The third-order valence-electron chi connectivity index (χ3n) is 4.19. The molecule has 9 nitrogen and oxygen atoms in total. The van der Waals surface area contributed by atoms with Gasteiger partial charge in [0, 0.05) is 17.2 Å². The first-order valence-corrected chi connectivity index (χ1v) is 9.01. The fourth-order valence-electron chi connectivity index (χ4n) is 2.74. The Labute approximate surface area is 180 Å². The highest BCUT2D eigenvalue weighted by molar-refractivity contribution is 5.95. The van der Waals surface area contributed by atoms with Gasteiger partial charge in [-0.1, -0.05) is 18.2 Å². The minimum absolute atomic E-state index is 0.0641. The zero-order valence-corrected chi connectivity index (χ0v) is 17.0. The molecule has 172 valence electrons. The lowest BCUT2D eigenvalue weighted by Gasteiger charge is -2.24. The van der Waals surface area contributed by atoms with Crippen molar-refractivity contribution in [3.05, 3.63) is 63.7 Å². The number of nitro benzene ring substituents is 1. The number of alkyl halides is 3. The van der Waals surface area contributed by atoms with Gasteiger partial charge in [-0.05, 0) is 18.2 Å². The molecule has 0 saturated heterocycles. The second kappa shape index (κ2) is 10.5. The molecule has 0 bridgehead atoms. The van der Waals surface area contributed by atoms with E-state index in [-0.39, 0.29) is 22.6 Å². The van der Waals surface area contributed by atoms with E-state index in [1.54, 1.807) is 0 Å². The predicted octanol–water partition coefficient (Wildman–Crippen LogP) is 3.36. The van der Waals surface area contributed by atoms with E-state index < -0.39 is 48.4 Å². The molecule has 0 aliphatic heterocycles. The van der Waals surface area contributed by atoms with Crippen LogP contribution in [0.1, 0.15) is 15.9 Å². The number of halogens is 3. The van der Waals surface area contributed by atoms with Crippen LogP contribution in [0.15, 0.2) is 42.5 Å². The summed E-state index contributed by atoms with van der Waals surface area (Å²) in [5.74, 6) is -1.71. The molecule has 32 heavy (non-hydrogen) atoms. The van der Waals surface area contributed by atoms with Crippen molar-refractivity contribution in [3.8, 4) is 11.5 Å². The number of benzene rings is 2. The summed E-state index contributed by atoms with van der Waals surface area (Å²) < 4.78 is 54.3. The molecule has 0 heterocycles. The fraction of sp³-hybridized carbons (Fsp3) is 0.300. The molecule has 2 aromatic carbocycles. The summed E-state index contributed by atoms with van der Waals surface area (Å²) in [7, 11) is 2.44. The molecule has 0 atom stereocenters. The SMILES string of the molecule is COC(=O)COc1cc(C(=O)N(Cc2ccccc2[N+](=O)[O-])CC(F)(F)F)ccc1OC. The highest BCUT2D eigenvalue weighted by Crippen LogP contribution is 2.30. The molecule has 0 spiro atoms. The number of nitrogens with zero attached hydrogens (tertiary/aromatic N) is 2. The third-order valence-corrected chi connectivity index (χ3v) is 4.19. The number of amides is 1. The van der Waals surface area contributed by atoms with Crippen LogP contribution in [0.3, 0.4) is 0 Å². The Morgan fingerprint density at radius 2 is 1.78 bits per heavy atom. The zero-order valence-electron chi connectivity index (χ0n) is 17.0. The minimum Gasteiger partial charge on any atom is -0.493 e. The Hall–Kier alpha value is -3.83. The van der Waals surface area contributed by atoms with E-state index in [1.807, 2.05) is 0 Å². The smallest absolute Gasteiger partial charge is 0.406 e. The molecule has 12 heteroatoms. The monoisotopic (exact) mass is 456 g/mol. The van der Waals surface area contributed by atoms with Gasteiger partial charge in [-0.3, -0.25) is 14.9 Å². The second-order valence-corrected chi connectivity index (χ2v) is 6.39. The van der Waals surface area contributed by atoms with Crippen LogP contribution in [0.5, 0.6) is 11.5 Å². The molecule has 0 fully saturated rings. The number of rotatable bonds is 9. The lowest BCUT2D eigenvalue weighted by atomic mass is 10.1. The van der Waals surface area contributed by atoms with Crippen molar-refractivity contribution in [3.63, 3.8) is 0 Å². The number of esters is 1. The molecule has 0 radical (unpaired) electrons. The standard InChI is InChI=1S/C20H19F3N2O7/c1-30-16-8-7-13(9-17(16)32-11-18(26)31-2)19(27)24(12-20(21,22)23)10-14-5-3-4-6-15(14)25(28)29/h3-9H,10-12H2,1-2H3. The van der Waals surface area contributed by atoms with E-state index >= 15 is 0 Å². The van der Waals surface area contributed by atoms with E-state index in [1.165, 1.54) is 37.4 Å². The average Bonchev–Trinajstić information content (AvgIpc) is 2.75. The summed E-state index contributed by atoms with van der Waals surface area (Å²) in [6.45, 7) is -2.81. The third kappa shape index (κ3) is 6.59. The Morgan fingerprint density at radius 1 is 1.09 bits per heavy atom. The molecule has 1 amide bonds. The van der Waals surface area contributed by atoms with Crippen LogP contribution in [0, 0.1) is 10.1 Å². The number of carbonyl (C=O) groups excluding carboxylic acids is 2. The first kappa shape index (κ1) is 24.4. The lowest BCUT2D eigenvalue weighted by molar-refractivity contribution is -0.385. The fourth-order valence-corrected chi connectivity index (χ4v) is 2.74. The van der Waals surface area contributed by atoms with Crippen LogP contribution in [-0.2, 0) is 16.1 Å². The minimum atomic E-state index is -4.75. The Balaban J connectivity index is 2.39. The molecular weight excluding hydrogens is 437 g/mol. The second-order valence-electron chi connectivity index (χ2n) is 6.39. The lowest BCUT2D eigenvalue weighted by Crippen LogP contribution is -2.38. The van der Waals surface area contributed by atoms with Crippen LogP contribution in [-0.4, -0.2) is 55.2 Å². The molecule has 0 N–H and O–H groups in total. The number of para-hydroxylation sites is 1. The van der Waals surface area contributed by atoms with Gasteiger partial charge in [0.15, 0.2) is 18.1 Å². The van der Waals surface area contributed by atoms with Crippen molar-refractivity contribution in [1.29, 1.82) is 0 Å².